The van der Waals surface area contributed by atoms with Gasteiger partial charge in [0.1, 0.15) is 5.78 Å². The molecule has 2 nitrogen and oxygen atoms in total. The summed E-state index contributed by atoms with van der Waals surface area (Å²) in [5, 5.41) is 3.26. The van der Waals surface area contributed by atoms with Crippen molar-refractivity contribution in [3.8, 4) is 12.3 Å². The fourth-order valence-corrected chi connectivity index (χ4v) is 1.70. The van der Waals surface area contributed by atoms with Gasteiger partial charge in [-0.05, 0) is 31.8 Å². The minimum atomic E-state index is 0.379. The molecular formula is C11H17NO. The van der Waals surface area contributed by atoms with Crippen LogP contribution in [-0.2, 0) is 4.79 Å². The SMILES string of the molecule is C#CCCCC(=O)CC1CCNC1. The largest absolute Gasteiger partial charge is 0.316 e. The molecule has 0 aromatic heterocycles. The first-order valence-corrected chi connectivity index (χ1v) is 4.99. The molecule has 0 saturated carbocycles. The third-order valence-corrected chi connectivity index (χ3v) is 2.46. The predicted molar refractivity (Wildman–Crippen MR) is 53.3 cm³/mol. The van der Waals surface area contributed by atoms with Crippen LogP contribution in [0.5, 0.6) is 0 Å². The molecule has 0 aromatic rings. The van der Waals surface area contributed by atoms with E-state index < -0.39 is 0 Å². The Balaban J connectivity index is 2.07. The number of carbonyl (C=O) groups is 1. The smallest absolute Gasteiger partial charge is 0.133 e. The maximum atomic E-state index is 11.4. The number of terminal acetylenes is 1. The molecule has 1 heterocycles. The molecule has 72 valence electrons. The molecule has 0 bridgehead atoms. The van der Waals surface area contributed by atoms with Gasteiger partial charge in [-0.2, -0.15) is 0 Å². The van der Waals surface area contributed by atoms with E-state index in [9.17, 15) is 4.79 Å². The highest BCUT2D eigenvalue weighted by Gasteiger charge is 2.17. The molecule has 0 aromatic carbocycles. The maximum absolute atomic E-state index is 11.4. The number of nitrogens with one attached hydrogen (secondary N) is 1. The predicted octanol–water partition coefficient (Wildman–Crippen LogP) is 1.36. The normalized spacial score (nSPS) is 21.3. The van der Waals surface area contributed by atoms with Crippen molar-refractivity contribution in [1.82, 2.24) is 5.32 Å². The summed E-state index contributed by atoms with van der Waals surface area (Å²) < 4.78 is 0. The third kappa shape index (κ3) is 4.10. The van der Waals surface area contributed by atoms with E-state index >= 15 is 0 Å². The van der Waals surface area contributed by atoms with Gasteiger partial charge in [-0.25, -0.2) is 0 Å². The summed E-state index contributed by atoms with van der Waals surface area (Å²) in [6, 6.07) is 0. The van der Waals surface area contributed by atoms with Crippen LogP contribution in [0.2, 0.25) is 0 Å². The molecule has 1 aliphatic heterocycles. The Kier molecular flexibility index (Phi) is 4.56. The highest BCUT2D eigenvalue weighted by atomic mass is 16.1. The van der Waals surface area contributed by atoms with Crippen LogP contribution >= 0.6 is 0 Å². The first kappa shape index (κ1) is 10.3. The number of carbonyl (C=O) groups excluding carboxylic acids is 1. The fourth-order valence-electron chi connectivity index (χ4n) is 1.70. The summed E-state index contributed by atoms with van der Waals surface area (Å²) in [6.45, 7) is 2.09. The number of ketones is 1. The first-order valence-electron chi connectivity index (χ1n) is 4.99. The molecule has 1 N–H and O–H groups in total. The van der Waals surface area contributed by atoms with Crippen molar-refractivity contribution in [2.45, 2.75) is 32.1 Å². The Morgan fingerprint density at radius 3 is 3.08 bits per heavy atom. The van der Waals surface area contributed by atoms with Crippen molar-refractivity contribution in [3.63, 3.8) is 0 Å². The molecule has 0 aliphatic carbocycles. The standard InChI is InChI=1S/C11H17NO/c1-2-3-4-5-11(13)8-10-6-7-12-9-10/h1,10,12H,3-9H2. The van der Waals surface area contributed by atoms with Gasteiger partial charge >= 0.3 is 0 Å². The lowest BCUT2D eigenvalue weighted by Gasteiger charge is -2.05. The van der Waals surface area contributed by atoms with Gasteiger partial charge in [-0.15, -0.1) is 12.3 Å². The zero-order valence-electron chi connectivity index (χ0n) is 8.01. The third-order valence-electron chi connectivity index (χ3n) is 2.46. The van der Waals surface area contributed by atoms with Crippen molar-refractivity contribution in [2.75, 3.05) is 13.1 Å². The summed E-state index contributed by atoms with van der Waals surface area (Å²) in [5.74, 6) is 3.51. The second kappa shape index (κ2) is 5.77. The molecule has 1 saturated heterocycles. The van der Waals surface area contributed by atoms with Crippen LogP contribution in [0, 0.1) is 18.3 Å². The van der Waals surface area contributed by atoms with Crippen molar-refractivity contribution in [1.29, 1.82) is 0 Å². The zero-order chi connectivity index (χ0) is 9.52. The van der Waals surface area contributed by atoms with Gasteiger partial charge in [0.05, 0.1) is 0 Å². The molecule has 0 amide bonds. The monoisotopic (exact) mass is 179 g/mol. The highest BCUT2D eigenvalue weighted by Crippen LogP contribution is 2.14. The molecule has 1 unspecified atom stereocenters. The van der Waals surface area contributed by atoms with Gasteiger partial charge in [-0.3, -0.25) is 4.79 Å². The quantitative estimate of drug-likeness (QED) is 0.510. The molecule has 0 spiro atoms. The number of hydrogen-bond donors (Lipinski definition) is 1. The van der Waals surface area contributed by atoms with Gasteiger partial charge in [0.25, 0.3) is 0 Å². The van der Waals surface area contributed by atoms with E-state index in [0.29, 0.717) is 18.1 Å². The molecule has 1 fully saturated rings. The van der Waals surface area contributed by atoms with Crippen LogP contribution in [0.15, 0.2) is 0 Å². The molecule has 0 radical (unpaired) electrons. The Morgan fingerprint density at radius 2 is 2.46 bits per heavy atom. The second-order valence-electron chi connectivity index (χ2n) is 3.66. The maximum Gasteiger partial charge on any atom is 0.133 e. The van der Waals surface area contributed by atoms with E-state index in [-0.39, 0.29) is 0 Å². The van der Waals surface area contributed by atoms with Crippen LogP contribution in [0.4, 0.5) is 0 Å². The Hall–Kier alpha value is -0.810. The van der Waals surface area contributed by atoms with Crippen LogP contribution in [0.25, 0.3) is 0 Å². The zero-order valence-corrected chi connectivity index (χ0v) is 8.01. The average Bonchev–Trinajstić information content (AvgIpc) is 2.57. The molecule has 1 atom stereocenters. The lowest BCUT2D eigenvalue weighted by molar-refractivity contribution is -0.119. The van der Waals surface area contributed by atoms with E-state index in [4.69, 9.17) is 6.42 Å². The minimum Gasteiger partial charge on any atom is -0.316 e. The van der Waals surface area contributed by atoms with Gasteiger partial charge < -0.3 is 5.32 Å². The summed E-state index contributed by atoms with van der Waals surface area (Å²) in [4.78, 5) is 11.4. The van der Waals surface area contributed by atoms with Gasteiger partial charge in [0.15, 0.2) is 0 Å². The van der Waals surface area contributed by atoms with Crippen molar-refractivity contribution < 1.29 is 4.79 Å². The summed E-state index contributed by atoms with van der Waals surface area (Å²) in [7, 11) is 0. The Bertz CT molecular complexity index is 199. The first-order chi connectivity index (χ1) is 6.33. The average molecular weight is 179 g/mol. The van der Waals surface area contributed by atoms with E-state index in [1.807, 2.05) is 0 Å². The summed E-state index contributed by atoms with van der Waals surface area (Å²) >= 11 is 0. The second-order valence-corrected chi connectivity index (χ2v) is 3.66. The molecular weight excluding hydrogens is 162 g/mol. The van der Waals surface area contributed by atoms with Crippen LogP contribution in [-0.4, -0.2) is 18.9 Å². The molecule has 1 aliphatic rings. The summed E-state index contributed by atoms with van der Waals surface area (Å²) in [5.41, 5.74) is 0. The van der Waals surface area contributed by atoms with E-state index in [0.717, 1.165) is 38.8 Å². The van der Waals surface area contributed by atoms with Crippen LogP contribution in [0.1, 0.15) is 32.1 Å². The van der Waals surface area contributed by atoms with E-state index in [1.54, 1.807) is 0 Å². The molecule has 1 rings (SSSR count). The lowest BCUT2D eigenvalue weighted by atomic mass is 9.99. The van der Waals surface area contributed by atoms with E-state index in [1.165, 1.54) is 0 Å². The van der Waals surface area contributed by atoms with Gasteiger partial charge in [-0.1, -0.05) is 0 Å². The Labute approximate surface area is 80.1 Å². The Morgan fingerprint density at radius 1 is 1.62 bits per heavy atom. The highest BCUT2D eigenvalue weighted by molar-refractivity contribution is 5.78. The minimum absolute atomic E-state index is 0.379. The number of hydrogen-bond acceptors (Lipinski definition) is 2. The lowest BCUT2D eigenvalue weighted by Crippen LogP contribution is -2.12. The van der Waals surface area contributed by atoms with Gasteiger partial charge in [0, 0.05) is 19.3 Å². The van der Waals surface area contributed by atoms with Gasteiger partial charge in [0.2, 0.25) is 0 Å². The topological polar surface area (TPSA) is 29.1 Å². The van der Waals surface area contributed by atoms with Crippen molar-refractivity contribution in [3.05, 3.63) is 0 Å². The number of unbranched alkanes of at least 4 members (excludes halogenated alkanes) is 1. The van der Waals surface area contributed by atoms with E-state index in [2.05, 4.69) is 11.2 Å². The molecule has 2 heteroatoms. The van der Waals surface area contributed by atoms with Crippen LogP contribution < -0.4 is 5.32 Å². The number of Topliss-reactive ketones (excluding diaryl/α,β-unsaturated/α-hetero) is 1. The van der Waals surface area contributed by atoms with Crippen LogP contribution in [0.3, 0.4) is 0 Å². The molecule has 13 heavy (non-hydrogen) atoms. The number of rotatable bonds is 5. The fraction of sp³-hybridized carbons (Fsp3) is 0.727. The van der Waals surface area contributed by atoms with Crippen molar-refractivity contribution >= 4 is 5.78 Å². The van der Waals surface area contributed by atoms with Crippen molar-refractivity contribution in [2.24, 2.45) is 5.92 Å². The summed E-state index contributed by atoms with van der Waals surface area (Å²) in [6.07, 6.45) is 9.26.